The second kappa shape index (κ2) is 7.52. The highest BCUT2D eigenvalue weighted by molar-refractivity contribution is 6.62. The number of aromatic nitrogens is 2. The first-order valence-electron chi connectivity index (χ1n) is 11.5. The number of rotatable bonds is 3. The van der Waals surface area contributed by atoms with Gasteiger partial charge < -0.3 is 13.7 Å². The van der Waals surface area contributed by atoms with Crippen LogP contribution in [0.5, 0.6) is 0 Å². The van der Waals surface area contributed by atoms with E-state index in [0.29, 0.717) is 11.5 Å². The topological polar surface area (TPSA) is 57.4 Å². The summed E-state index contributed by atoms with van der Waals surface area (Å²) in [5.41, 5.74) is 4.25. The summed E-state index contributed by atoms with van der Waals surface area (Å²) < 4.78 is 18.7. The number of para-hydroxylation sites is 1. The Kier molecular flexibility index (Phi) is 4.66. The van der Waals surface area contributed by atoms with Gasteiger partial charge in [0.05, 0.1) is 22.3 Å². The minimum atomic E-state index is -0.450. The van der Waals surface area contributed by atoms with Crippen molar-refractivity contribution in [3.05, 3.63) is 78.9 Å². The van der Waals surface area contributed by atoms with E-state index in [1.807, 2.05) is 60.7 Å². The molecule has 0 amide bonds. The molecule has 1 aliphatic rings. The van der Waals surface area contributed by atoms with E-state index in [0.717, 1.165) is 38.6 Å². The molecule has 0 unspecified atom stereocenters. The molecule has 6 heteroatoms. The van der Waals surface area contributed by atoms with Crippen molar-refractivity contribution in [3.8, 4) is 22.6 Å². The highest BCUT2D eigenvalue weighted by Gasteiger charge is 2.51. The van der Waals surface area contributed by atoms with Crippen LogP contribution in [0.2, 0.25) is 0 Å². The quantitative estimate of drug-likeness (QED) is 0.317. The lowest BCUT2D eigenvalue weighted by molar-refractivity contribution is 0.00578. The van der Waals surface area contributed by atoms with Gasteiger partial charge in [-0.2, -0.15) is 4.98 Å². The van der Waals surface area contributed by atoms with E-state index in [1.165, 1.54) is 0 Å². The van der Waals surface area contributed by atoms with Gasteiger partial charge in [0.15, 0.2) is 5.82 Å². The third kappa shape index (κ3) is 3.33. The van der Waals surface area contributed by atoms with Gasteiger partial charge >= 0.3 is 7.12 Å². The van der Waals surface area contributed by atoms with Crippen LogP contribution in [-0.2, 0) is 9.31 Å². The monoisotopic (exact) mass is 448 g/mol. The second-order valence-corrected chi connectivity index (χ2v) is 9.75. The van der Waals surface area contributed by atoms with Gasteiger partial charge in [0.1, 0.15) is 5.58 Å². The Balaban J connectivity index is 1.51. The Morgan fingerprint density at radius 2 is 1.38 bits per heavy atom. The van der Waals surface area contributed by atoms with Crippen molar-refractivity contribution >= 4 is 34.7 Å². The minimum Gasteiger partial charge on any atom is -0.438 e. The molecule has 0 spiro atoms. The number of hydrogen-bond acceptors (Lipinski definition) is 5. The zero-order valence-electron chi connectivity index (χ0n) is 19.7. The molecule has 0 bridgehead atoms. The fourth-order valence-electron chi connectivity index (χ4n) is 4.36. The average molecular weight is 448 g/mol. The molecule has 1 aliphatic heterocycles. The molecule has 168 valence electrons. The van der Waals surface area contributed by atoms with Gasteiger partial charge in [-0.25, -0.2) is 4.98 Å². The van der Waals surface area contributed by atoms with Gasteiger partial charge in [-0.1, -0.05) is 72.8 Å². The minimum absolute atomic E-state index is 0.405. The Hall–Kier alpha value is -3.48. The van der Waals surface area contributed by atoms with Crippen molar-refractivity contribution in [1.82, 2.24) is 9.97 Å². The standard InChI is InChI=1S/C28H25BN2O3/c1-27(2)28(3,4)34-29(33-27)20-14-10-13-19(17-20)25-30-24(18-11-6-5-7-12-18)23-21-15-8-9-16-22(21)32-26(23)31-25/h5-17H,1-4H3. The van der Waals surface area contributed by atoms with Crippen LogP contribution in [0.4, 0.5) is 0 Å². The first-order chi connectivity index (χ1) is 16.3. The molecule has 0 aliphatic carbocycles. The van der Waals surface area contributed by atoms with E-state index in [4.69, 9.17) is 23.7 Å². The lowest BCUT2D eigenvalue weighted by Crippen LogP contribution is -2.41. The molecular weight excluding hydrogens is 423 g/mol. The maximum absolute atomic E-state index is 6.26. The lowest BCUT2D eigenvalue weighted by atomic mass is 9.78. The summed E-state index contributed by atoms with van der Waals surface area (Å²) in [4.78, 5) is 9.87. The van der Waals surface area contributed by atoms with Crippen LogP contribution in [-0.4, -0.2) is 28.3 Å². The summed E-state index contributed by atoms with van der Waals surface area (Å²) in [5, 5.41) is 1.93. The summed E-state index contributed by atoms with van der Waals surface area (Å²) in [6.45, 7) is 8.23. The second-order valence-electron chi connectivity index (χ2n) is 9.75. The number of nitrogens with zero attached hydrogens (tertiary/aromatic N) is 2. The molecule has 5 aromatic rings. The van der Waals surface area contributed by atoms with E-state index < -0.39 is 18.3 Å². The fourth-order valence-corrected chi connectivity index (χ4v) is 4.36. The van der Waals surface area contributed by atoms with Crippen molar-refractivity contribution < 1.29 is 13.7 Å². The predicted molar refractivity (Wildman–Crippen MR) is 136 cm³/mol. The van der Waals surface area contributed by atoms with Crippen LogP contribution < -0.4 is 5.46 Å². The average Bonchev–Trinajstić information content (AvgIpc) is 3.32. The van der Waals surface area contributed by atoms with Crippen LogP contribution in [0.1, 0.15) is 27.7 Å². The molecule has 1 fully saturated rings. The molecule has 1 saturated heterocycles. The summed E-state index contributed by atoms with van der Waals surface area (Å²) in [6, 6.07) is 26.2. The molecule has 3 aromatic carbocycles. The number of hydrogen-bond donors (Lipinski definition) is 0. The first-order valence-corrected chi connectivity index (χ1v) is 11.5. The number of benzene rings is 3. The predicted octanol–water partition coefficient (Wildman–Crippen LogP) is 6.01. The highest BCUT2D eigenvalue weighted by Crippen LogP contribution is 2.38. The Labute approximate surface area is 198 Å². The van der Waals surface area contributed by atoms with Gasteiger partial charge in [0.2, 0.25) is 5.71 Å². The van der Waals surface area contributed by atoms with Crippen molar-refractivity contribution in [3.63, 3.8) is 0 Å². The third-order valence-electron chi connectivity index (χ3n) is 6.96. The van der Waals surface area contributed by atoms with Gasteiger partial charge in [-0.3, -0.25) is 0 Å². The van der Waals surface area contributed by atoms with E-state index in [9.17, 15) is 0 Å². The summed E-state index contributed by atoms with van der Waals surface area (Å²) in [7, 11) is -0.450. The molecule has 3 heterocycles. The van der Waals surface area contributed by atoms with E-state index in [-0.39, 0.29) is 0 Å². The molecule has 0 N–H and O–H groups in total. The smallest absolute Gasteiger partial charge is 0.438 e. The molecule has 0 atom stereocenters. The maximum Gasteiger partial charge on any atom is 0.494 e. The Bertz CT molecular complexity index is 1510. The highest BCUT2D eigenvalue weighted by atomic mass is 16.7. The molecule has 0 radical (unpaired) electrons. The number of furan rings is 1. The molecule has 0 saturated carbocycles. The van der Waals surface area contributed by atoms with Crippen LogP contribution in [0.25, 0.3) is 44.7 Å². The van der Waals surface area contributed by atoms with Crippen LogP contribution >= 0.6 is 0 Å². The van der Waals surface area contributed by atoms with Crippen molar-refractivity contribution in [2.45, 2.75) is 38.9 Å². The molecule has 2 aromatic heterocycles. The fraction of sp³-hybridized carbons (Fsp3) is 0.214. The molecule has 5 nitrogen and oxygen atoms in total. The van der Waals surface area contributed by atoms with Gasteiger partial charge in [0, 0.05) is 16.5 Å². The normalized spacial score (nSPS) is 17.0. The molecular formula is C28H25BN2O3. The molecule has 6 rings (SSSR count). The summed E-state index contributed by atoms with van der Waals surface area (Å²) in [6.07, 6.45) is 0. The zero-order chi connectivity index (χ0) is 23.5. The number of fused-ring (bicyclic) bond motifs is 3. The van der Waals surface area contributed by atoms with Gasteiger partial charge in [-0.15, -0.1) is 0 Å². The van der Waals surface area contributed by atoms with Crippen molar-refractivity contribution in [1.29, 1.82) is 0 Å². The van der Waals surface area contributed by atoms with E-state index >= 15 is 0 Å². The zero-order valence-corrected chi connectivity index (χ0v) is 19.7. The summed E-state index contributed by atoms with van der Waals surface area (Å²) in [5.74, 6) is 0.601. The third-order valence-corrected chi connectivity index (χ3v) is 6.96. The van der Waals surface area contributed by atoms with E-state index in [1.54, 1.807) is 0 Å². The molecule has 34 heavy (non-hydrogen) atoms. The SMILES string of the molecule is CC1(C)OB(c2cccc(-c3nc(-c4ccccc4)c4c(n3)oc3ccccc34)c2)OC1(C)C. The first kappa shape index (κ1) is 21.1. The largest absolute Gasteiger partial charge is 0.494 e. The van der Waals surface area contributed by atoms with E-state index in [2.05, 4.69) is 45.9 Å². The van der Waals surface area contributed by atoms with Crippen LogP contribution in [0.3, 0.4) is 0 Å². The van der Waals surface area contributed by atoms with Crippen molar-refractivity contribution in [2.24, 2.45) is 0 Å². The maximum atomic E-state index is 6.26. The summed E-state index contributed by atoms with van der Waals surface area (Å²) >= 11 is 0. The van der Waals surface area contributed by atoms with Gasteiger partial charge in [0.25, 0.3) is 0 Å². The lowest BCUT2D eigenvalue weighted by Gasteiger charge is -2.32. The van der Waals surface area contributed by atoms with Crippen molar-refractivity contribution in [2.75, 3.05) is 0 Å². The Morgan fingerprint density at radius 1 is 0.706 bits per heavy atom. The van der Waals surface area contributed by atoms with Crippen LogP contribution in [0, 0.1) is 0 Å². The Morgan fingerprint density at radius 3 is 2.15 bits per heavy atom. The van der Waals surface area contributed by atoms with Gasteiger partial charge in [-0.05, 0) is 39.2 Å². The van der Waals surface area contributed by atoms with Crippen LogP contribution in [0.15, 0.2) is 83.3 Å².